The lowest BCUT2D eigenvalue weighted by molar-refractivity contribution is -0.146. The minimum absolute atomic E-state index is 0.0117. The van der Waals surface area contributed by atoms with E-state index in [0.29, 0.717) is 18.9 Å². The first-order valence-electron chi connectivity index (χ1n) is 6.06. The molecular formula is C14H17NO3. The molecule has 18 heavy (non-hydrogen) atoms. The number of hydrogen-bond donors (Lipinski definition) is 1. The van der Waals surface area contributed by atoms with E-state index >= 15 is 0 Å². The molecule has 1 aromatic carbocycles. The maximum absolute atomic E-state index is 11.6. The summed E-state index contributed by atoms with van der Waals surface area (Å²) >= 11 is 0. The molecule has 0 atom stereocenters. The monoisotopic (exact) mass is 247 g/mol. The smallest absolute Gasteiger partial charge is 0.331 e. The molecule has 1 fully saturated rings. The van der Waals surface area contributed by atoms with Crippen molar-refractivity contribution in [2.75, 3.05) is 18.9 Å². The van der Waals surface area contributed by atoms with Gasteiger partial charge in [0.25, 0.3) is 0 Å². The Morgan fingerprint density at radius 1 is 1.28 bits per heavy atom. The van der Waals surface area contributed by atoms with Crippen LogP contribution in [0.4, 0.5) is 5.69 Å². The summed E-state index contributed by atoms with van der Waals surface area (Å²) in [7, 11) is 0. The molecule has 96 valence electrons. The van der Waals surface area contributed by atoms with Gasteiger partial charge in [0.15, 0.2) is 0 Å². The minimum atomic E-state index is -0.307. The van der Waals surface area contributed by atoms with Crippen LogP contribution in [-0.2, 0) is 14.3 Å². The van der Waals surface area contributed by atoms with Crippen molar-refractivity contribution in [3.8, 4) is 0 Å². The molecule has 1 saturated heterocycles. The number of nitrogen functional groups attached to an aromatic ring is 1. The third kappa shape index (κ3) is 3.89. The lowest BCUT2D eigenvalue weighted by atomic mass is 10.1. The van der Waals surface area contributed by atoms with Crippen LogP contribution >= 0.6 is 0 Å². The second-order valence-corrected chi connectivity index (χ2v) is 4.25. The number of carbonyl (C=O) groups excluding carboxylic acids is 1. The Kier molecular flexibility index (Phi) is 4.36. The Morgan fingerprint density at radius 3 is 2.61 bits per heavy atom. The van der Waals surface area contributed by atoms with E-state index in [1.54, 1.807) is 18.2 Å². The van der Waals surface area contributed by atoms with Crippen molar-refractivity contribution in [2.24, 2.45) is 0 Å². The summed E-state index contributed by atoms with van der Waals surface area (Å²) in [6.07, 6.45) is 4.72. The third-order valence-corrected chi connectivity index (χ3v) is 2.80. The number of ether oxygens (including phenoxy) is 2. The quantitative estimate of drug-likeness (QED) is 0.504. The standard InChI is InChI=1S/C14H17NO3/c15-12-4-1-11(2-5-12)3-6-14(16)18-13-7-9-17-10-8-13/h1-6,13H,7-10,15H2/b6-3+. The van der Waals surface area contributed by atoms with E-state index in [2.05, 4.69) is 0 Å². The van der Waals surface area contributed by atoms with Crippen molar-refractivity contribution in [1.29, 1.82) is 0 Å². The van der Waals surface area contributed by atoms with E-state index in [1.165, 1.54) is 6.08 Å². The average molecular weight is 247 g/mol. The summed E-state index contributed by atoms with van der Waals surface area (Å²) in [4.78, 5) is 11.6. The highest BCUT2D eigenvalue weighted by molar-refractivity contribution is 5.87. The second-order valence-electron chi connectivity index (χ2n) is 4.25. The first-order chi connectivity index (χ1) is 8.74. The van der Waals surface area contributed by atoms with E-state index < -0.39 is 0 Å². The molecule has 1 aromatic rings. The molecule has 0 amide bonds. The van der Waals surface area contributed by atoms with Crippen molar-refractivity contribution < 1.29 is 14.3 Å². The molecule has 0 radical (unpaired) electrons. The summed E-state index contributed by atoms with van der Waals surface area (Å²) in [5.74, 6) is -0.307. The zero-order valence-corrected chi connectivity index (χ0v) is 10.2. The third-order valence-electron chi connectivity index (χ3n) is 2.80. The molecule has 0 aliphatic carbocycles. The number of benzene rings is 1. The van der Waals surface area contributed by atoms with Crippen LogP contribution in [0.3, 0.4) is 0 Å². The first-order valence-corrected chi connectivity index (χ1v) is 6.06. The van der Waals surface area contributed by atoms with Gasteiger partial charge in [-0.15, -0.1) is 0 Å². The highest BCUT2D eigenvalue weighted by Crippen LogP contribution is 2.12. The largest absolute Gasteiger partial charge is 0.459 e. The van der Waals surface area contributed by atoms with Crippen LogP contribution < -0.4 is 5.73 Å². The van der Waals surface area contributed by atoms with E-state index in [4.69, 9.17) is 15.2 Å². The summed E-state index contributed by atoms with van der Waals surface area (Å²) < 4.78 is 10.5. The maximum atomic E-state index is 11.6. The van der Waals surface area contributed by atoms with Gasteiger partial charge in [0.05, 0.1) is 13.2 Å². The lowest BCUT2D eigenvalue weighted by Gasteiger charge is -2.21. The summed E-state index contributed by atoms with van der Waals surface area (Å²) in [6.45, 7) is 1.33. The van der Waals surface area contributed by atoms with Crippen LogP contribution in [0, 0.1) is 0 Å². The predicted octanol–water partition coefficient (Wildman–Crippen LogP) is 2.00. The highest BCUT2D eigenvalue weighted by atomic mass is 16.5. The summed E-state index contributed by atoms with van der Waals surface area (Å²) in [5, 5.41) is 0. The van der Waals surface area contributed by atoms with Gasteiger partial charge in [0, 0.05) is 24.6 Å². The number of nitrogens with two attached hydrogens (primary N) is 1. The van der Waals surface area contributed by atoms with Gasteiger partial charge in [-0.25, -0.2) is 4.79 Å². The molecule has 0 bridgehead atoms. The lowest BCUT2D eigenvalue weighted by Crippen LogP contribution is -2.25. The Bertz CT molecular complexity index is 419. The molecule has 2 rings (SSSR count). The highest BCUT2D eigenvalue weighted by Gasteiger charge is 2.16. The van der Waals surface area contributed by atoms with Gasteiger partial charge >= 0.3 is 5.97 Å². The van der Waals surface area contributed by atoms with Crippen LogP contribution in [0.2, 0.25) is 0 Å². The molecule has 4 heteroatoms. The van der Waals surface area contributed by atoms with Crippen LogP contribution in [0.5, 0.6) is 0 Å². The molecule has 4 nitrogen and oxygen atoms in total. The molecular weight excluding hydrogens is 230 g/mol. The van der Waals surface area contributed by atoms with Crippen molar-refractivity contribution in [1.82, 2.24) is 0 Å². The van der Waals surface area contributed by atoms with Crippen LogP contribution in [0.25, 0.3) is 6.08 Å². The normalized spacial score (nSPS) is 16.9. The predicted molar refractivity (Wildman–Crippen MR) is 69.8 cm³/mol. The number of carbonyl (C=O) groups is 1. The van der Waals surface area contributed by atoms with Gasteiger partial charge in [0.2, 0.25) is 0 Å². The molecule has 1 aliphatic heterocycles. The van der Waals surface area contributed by atoms with E-state index in [9.17, 15) is 4.79 Å². The van der Waals surface area contributed by atoms with Gasteiger partial charge in [-0.3, -0.25) is 0 Å². The molecule has 0 aromatic heterocycles. The van der Waals surface area contributed by atoms with Crippen molar-refractivity contribution in [3.63, 3.8) is 0 Å². The Labute approximate surface area is 106 Å². The fourth-order valence-corrected chi connectivity index (χ4v) is 1.77. The topological polar surface area (TPSA) is 61.6 Å². The van der Waals surface area contributed by atoms with Crippen molar-refractivity contribution in [2.45, 2.75) is 18.9 Å². The van der Waals surface area contributed by atoms with Crippen molar-refractivity contribution in [3.05, 3.63) is 35.9 Å². The van der Waals surface area contributed by atoms with Gasteiger partial charge in [-0.1, -0.05) is 12.1 Å². The van der Waals surface area contributed by atoms with Gasteiger partial charge in [-0.2, -0.15) is 0 Å². The number of esters is 1. The SMILES string of the molecule is Nc1ccc(/C=C/C(=O)OC2CCOCC2)cc1. The molecule has 2 N–H and O–H groups in total. The van der Waals surface area contributed by atoms with E-state index in [-0.39, 0.29) is 12.1 Å². The summed E-state index contributed by atoms with van der Waals surface area (Å²) in [6, 6.07) is 7.30. The Hall–Kier alpha value is -1.81. The zero-order valence-electron chi connectivity index (χ0n) is 10.2. The summed E-state index contributed by atoms with van der Waals surface area (Å²) in [5.41, 5.74) is 7.21. The van der Waals surface area contributed by atoms with Crippen molar-refractivity contribution >= 4 is 17.7 Å². The molecule has 0 saturated carbocycles. The van der Waals surface area contributed by atoms with Crippen LogP contribution in [-0.4, -0.2) is 25.3 Å². The molecule has 1 aliphatic rings. The number of hydrogen-bond acceptors (Lipinski definition) is 4. The minimum Gasteiger partial charge on any atom is -0.459 e. The van der Waals surface area contributed by atoms with E-state index in [1.807, 2.05) is 12.1 Å². The second kappa shape index (κ2) is 6.21. The van der Waals surface area contributed by atoms with Crippen LogP contribution in [0.15, 0.2) is 30.3 Å². The van der Waals surface area contributed by atoms with Gasteiger partial charge < -0.3 is 15.2 Å². The van der Waals surface area contributed by atoms with Gasteiger partial charge in [-0.05, 0) is 23.8 Å². The molecule has 0 spiro atoms. The number of rotatable bonds is 3. The van der Waals surface area contributed by atoms with E-state index in [0.717, 1.165) is 18.4 Å². The Balaban J connectivity index is 1.84. The zero-order chi connectivity index (χ0) is 12.8. The molecule has 0 unspecified atom stereocenters. The first kappa shape index (κ1) is 12.6. The fourth-order valence-electron chi connectivity index (χ4n) is 1.77. The van der Waals surface area contributed by atoms with Gasteiger partial charge in [0.1, 0.15) is 6.10 Å². The number of anilines is 1. The van der Waals surface area contributed by atoms with Crippen LogP contribution in [0.1, 0.15) is 18.4 Å². The molecule has 1 heterocycles. The average Bonchev–Trinajstić information content (AvgIpc) is 2.39. The maximum Gasteiger partial charge on any atom is 0.331 e. The Morgan fingerprint density at radius 2 is 1.94 bits per heavy atom. The fraction of sp³-hybridized carbons (Fsp3) is 0.357.